The number of aromatic nitrogens is 3. The molecule has 0 atom stereocenters. The highest BCUT2D eigenvalue weighted by atomic mass is 15.2. The van der Waals surface area contributed by atoms with Crippen LogP contribution in [-0.2, 0) is 12.0 Å². The van der Waals surface area contributed by atoms with Crippen LogP contribution in [0.1, 0.15) is 57.1 Å². The van der Waals surface area contributed by atoms with Crippen molar-refractivity contribution >= 4 is 0 Å². The van der Waals surface area contributed by atoms with E-state index in [0.717, 1.165) is 37.3 Å². The Balaban J connectivity index is 2.12. The number of hydrogen-bond acceptors (Lipinski definition) is 3. The van der Waals surface area contributed by atoms with Gasteiger partial charge in [-0.25, -0.2) is 4.98 Å². The summed E-state index contributed by atoms with van der Waals surface area (Å²) in [5, 5.41) is 7.26. The summed E-state index contributed by atoms with van der Waals surface area (Å²) in [7, 11) is 0. The monoisotopic (exact) mass is 208 g/mol. The molecule has 0 aliphatic heterocycles. The highest BCUT2D eigenvalue weighted by Crippen LogP contribution is 2.32. The van der Waals surface area contributed by atoms with Crippen LogP contribution in [0, 0.1) is 0 Å². The van der Waals surface area contributed by atoms with Gasteiger partial charge in [-0.3, -0.25) is 5.10 Å². The number of rotatable bonds is 3. The first-order valence-electron chi connectivity index (χ1n) is 5.95. The molecule has 0 saturated heterocycles. The lowest BCUT2D eigenvalue weighted by molar-refractivity contribution is 0.287. The van der Waals surface area contributed by atoms with Gasteiger partial charge in [0.15, 0.2) is 5.82 Å². The van der Waals surface area contributed by atoms with E-state index < -0.39 is 0 Å². The molecule has 15 heavy (non-hydrogen) atoms. The van der Waals surface area contributed by atoms with Crippen LogP contribution in [0.3, 0.4) is 0 Å². The molecule has 1 aromatic heterocycles. The van der Waals surface area contributed by atoms with Crippen LogP contribution in [0.15, 0.2) is 0 Å². The van der Waals surface area contributed by atoms with Gasteiger partial charge in [-0.05, 0) is 19.3 Å². The van der Waals surface area contributed by atoms with Gasteiger partial charge < -0.3 is 5.73 Å². The Kier molecular flexibility index (Phi) is 3.05. The number of aryl methyl sites for hydroxylation is 1. The number of nitrogens with one attached hydrogen (secondary N) is 1. The molecule has 4 heteroatoms. The van der Waals surface area contributed by atoms with Crippen LogP contribution in [0.5, 0.6) is 0 Å². The van der Waals surface area contributed by atoms with E-state index in [1.165, 1.54) is 19.3 Å². The summed E-state index contributed by atoms with van der Waals surface area (Å²) in [6, 6.07) is 0. The first kappa shape index (κ1) is 10.6. The van der Waals surface area contributed by atoms with Gasteiger partial charge in [0.25, 0.3) is 0 Å². The molecule has 1 fully saturated rings. The van der Waals surface area contributed by atoms with Crippen molar-refractivity contribution in [3.05, 3.63) is 11.6 Å². The molecule has 1 heterocycles. The molecule has 4 nitrogen and oxygen atoms in total. The normalized spacial score (nSPS) is 20.4. The number of hydrogen-bond donors (Lipinski definition) is 2. The molecule has 0 amide bonds. The van der Waals surface area contributed by atoms with Gasteiger partial charge in [0.05, 0.1) is 5.54 Å². The van der Waals surface area contributed by atoms with Crippen LogP contribution in [-0.4, -0.2) is 15.2 Å². The average Bonchev–Trinajstić information content (AvgIpc) is 2.69. The van der Waals surface area contributed by atoms with Crippen molar-refractivity contribution in [2.24, 2.45) is 5.73 Å². The van der Waals surface area contributed by atoms with E-state index >= 15 is 0 Å². The van der Waals surface area contributed by atoms with E-state index in [4.69, 9.17) is 5.73 Å². The largest absolute Gasteiger partial charge is 0.319 e. The maximum Gasteiger partial charge on any atom is 0.170 e. The lowest BCUT2D eigenvalue weighted by Crippen LogP contribution is -2.39. The van der Waals surface area contributed by atoms with Crippen molar-refractivity contribution in [1.82, 2.24) is 15.2 Å². The summed E-state index contributed by atoms with van der Waals surface area (Å²) in [4.78, 5) is 4.50. The predicted octanol–water partition coefficient (Wildman–Crippen LogP) is 1.88. The molecule has 84 valence electrons. The maximum atomic E-state index is 6.34. The lowest BCUT2D eigenvalue weighted by Gasteiger charge is -2.30. The number of aromatic amines is 1. The SMILES string of the molecule is CCCc1nc(C2(N)CCCCC2)n[nH]1. The molecular formula is C11H20N4. The Morgan fingerprint density at radius 3 is 2.73 bits per heavy atom. The van der Waals surface area contributed by atoms with Crippen molar-refractivity contribution in [3.8, 4) is 0 Å². The van der Waals surface area contributed by atoms with Gasteiger partial charge in [-0.2, -0.15) is 5.10 Å². The first-order chi connectivity index (χ1) is 7.24. The minimum absolute atomic E-state index is 0.263. The number of nitrogens with two attached hydrogens (primary N) is 1. The zero-order chi connectivity index (χ0) is 10.7. The van der Waals surface area contributed by atoms with E-state index in [0.29, 0.717) is 0 Å². The Hall–Kier alpha value is -0.900. The first-order valence-corrected chi connectivity index (χ1v) is 5.95. The molecule has 1 saturated carbocycles. The molecule has 0 bridgehead atoms. The smallest absolute Gasteiger partial charge is 0.170 e. The van der Waals surface area contributed by atoms with E-state index in [-0.39, 0.29) is 5.54 Å². The molecule has 1 aliphatic carbocycles. The minimum Gasteiger partial charge on any atom is -0.319 e. The highest BCUT2D eigenvalue weighted by Gasteiger charge is 2.33. The third kappa shape index (κ3) is 2.20. The van der Waals surface area contributed by atoms with E-state index in [1.54, 1.807) is 0 Å². The third-order valence-electron chi connectivity index (χ3n) is 3.21. The van der Waals surface area contributed by atoms with Crippen LogP contribution in [0.4, 0.5) is 0 Å². The van der Waals surface area contributed by atoms with E-state index in [2.05, 4.69) is 22.1 Å². The van der Waals surface area contributed by atoms with E-state index in [1.807, 2.05) is 0 Å². The average molecular weight is 208 g/mol. The van der Waals surface area contributed by atoms with Gasteiger partial charge >= 0.3 is 0 Å². The zero-order valence-corrected chi connectivity index (χ0v) is 9.42. The minimum atomic E-state index is -0.263. The molecule has 0 unspecified atom stereocenters. The molecule has 3 N–H and O–H groups in total. The topological polar surface area (TPSA) is 67.6 Å². The second-order valence-electron chi connectivity index (χ2n) is 4.57. The quantitative estimate of drug-likeness (QED) is 0.797. The van der Waals surface area contributed by atoms with Crippen LogP contribution in [0.2, 0.25) is 0 Å². The van der Waals surface area contributed by atoms with Gasteiger partial charge in [-0.15, -0.1) is 0 Å². The standard InChI is InChI=1S/C11H20N4/c1-2-6-9-13-10(15-14-9)11(12)7-4-3-5-8-11/h2-8,12H2,1H3,(H,13,14,15). The molecule has 0 spiro atoms. The van der Waals surface area contributed by atoms with Gasteiger partial charge in [-0.1, -0.05) is 26.2 Å². The summed E-state index contributed by atoms with van der Waals surface area (Å²) in [5.74, 6) is 1.80. The summed E-state index contributed by atoms with van der Waals surface area (Å²) < 4.78 is 0. The molecule has 1 aliphatic rings. The third-order valence-corrected chi connectivity index (χ3v) is 3.21. The Morgan fingerprint density at radius 2 is 2.07 bits per heavy atom. The van der Waals surface area contributed by atoms with Crippen molar-refractivity contribution in [2.45, 2.75) is 57.4 Å². The molecule has 0 radical (unpaired) electrons. The van der Waals surface area contributed by atoms with Gasteiger partial charge in [0, 0.05) is 6.42 Å². The van der Waals surface area contributed by atoms with Crippen molar-refractivity contribution in [3.63, 3.8) is 0 Å². The molecule has 2 rings (SSSR count). The number of nitrogens with zero attached hydrogens (tertiary/aromatic N) is 2. The van der Waals surface area contributed by atoms with Crippen molar-refractivity contribution < 1.29 is 0 Å². The fourth-order valence-corrected chi connectivity index (χ4v) is 2.27. The summed E-state index contributed by atoms with van der Waals surface area (Å²) in [5.41, 5.74) is 6.08. The highest BCUT2D eigenvalue weighted by molar-refractivity contribution is 5.06. The second-order valence-corrected chi connectivity index (χ2v) is 4.57. The van der Waals surface area contributed by atoms with Gasteiger partial charge in [0.1, 0.15) is 5.82 Å². The van der Waals surface area contributed by atoms with Crippen molar-refractivity contribution in [1.29, 1.82) is 0 Å². The fraction of sp³-hybridized carbons (Fsp3) is 0.818. The summed E-state index contributed by atoms with van der Waals surface area (Å²) in [6.45, 7) is 2.14. The summed E-state index contributed by atoms with van der Waals surface area (Å²) >= 11 is 0. The summed E-state index contributed by atoms with van der Waals surface area (Å²) in [6.07, 6.45) is 7.80. The van der Waals surface area contributed by atoms with Crippen molar-refractivity contribution in [2.75, 3.05) is 0 Å². The second kappa shape index (κ2) is 4.31. The Bertz CT molecular complexity index is 312. The van der Waals surface area contributed by atoms with Crippen LogP contribution < -0.4 is 5.73 Å². The lowest BCUT2D eigenvalue weighted by atomic mass is 9.82. The van der Waals surface area contributed by atoms with Gasteiger partial charge in [0.2, 0.25) is 0 Å². The van der Waals surface area contributed by atoms with Crippen LogP contribution >= 0.6 is 0 Å². The molecule has 0 aromatic carbocycles. The molecular weight excluding hydrogens is 188 g/mol. The Labute approximate surface area is 90.7 Å². The molecule has 1 aromatic rings. The van der Waals surface area contributed by atoms with Crippen LogP contribution in [0.25, 0.3) is 0 Å². The fourth-order valence-electron chi connectivity index (χ4n) is 2.27. The maximum absolute atomic E-state index is 6.34. The number of H-pyrrole nitrogens is 1. The Morgan fingerprint density at radius 1 is 1.33 bits per heavy atom. The zero-order valence-electron chi connectivity index (χ0n) is 9.42. The van der Waals surface area contributed by atoms with E-state index in [9.17, 15) is 0 Å². The predicted molar refractivity (Wildman–Crippen MR) is 59.3 cm³/mol.